The first-order valence-corrected chi connectivity index (χ1v) is 8.93. The van der Waals surface area contributed by atoms with Gasteiger partial charge in [-0.3, -0.25) is 9.59 Å². The van der Waals surface area contributed by atoms with Gasteiger partial charge >= 0.3 is 0 Å². The molecule has 3 aliphatic rings. The van der Waals surface area contributed by atoms with Gasteiger partial charge in [0.1, 0.15) is 5.41 Å². The third-order valence-corrected chi connectivity index (χ3v) is 5.53. The molecule has 0 spiro atoms. The lowest BCUT2D eigenvalue weighted by molar-refractivity contribution is -0.136. The minimum atomic E-state index is -0.857. The molecule has 0 bridgehead atoms. The first-order valence-electron chi connectivity index (χ1n) is 8.93. The van der Waals surface area contributed by atoms with Crippen LogP contribution in [0.4, 0.5) is 5.69 Å². The molecule has 1 aromatic rings. The first kappa shape index (κ1) is 15.6. The highest BCUT2D eigenvalue weighted by Crippen LogP contribution is 2.49. The molecule has 2 unspecified atom stereocenters. The van der Waals surface area contributed by atoms with Crippen LogP contribution < -0.4 is 10.2 Å². The Balaban J connectivity index is 1.48. The monoisotopic (exact) mass is 328 g/mol. The number of ether oxygens (including phenoxy) is 1. The van der Waals surface area contributed by atoms with Crippen LogP contribution in [0.5, 0.6) is 0 Å². The molecule has 2 aliphatic heterocycles. The molecule has 2 heterocycles. The highest BCUT2D eigenvalue weighted by Gasteiger charge is 2.59. The van der Waals surface area contributed by atoms with E-state index < -0.39 is 5.41 Å². The summed E-state index contributed by atoms with van der Waals surface area (Å²) >= 11 is 0. The molecule has 1 aromatic carbocycles. The number of fused-ring (bicyclic) bond motifs is 1. The SMILES string of the molecule is CC1Cc2ccccc2N1C(=O)C1(C(=O)NCC2CCCO2)CC1. The summed E-state index contributed by atoms with van der Waals surface area (Å²) in [7, 11) is 0. The molecule has 2 fully saturated rings. The first-order chi connectivity index (χ1) is 11.6. The second-order valence-electron chi connectivity index (χ2n) is 7.28. The van der Waals surface area contributed by atoms with Crippen molar-refractivity contribution in [3.05, 3.63) is 29.8 Å². The molecular weight excluding hydrogens is 304 g/mol. The number of hydrogen-bond acceptors (Lipinski definition) is 3. The molecule has 0 aromatic heterocycles. The minimum absolute atomic E-state index is 0.0372. The Hall–Kier alpha value is -1.88. The molecule has 5 heteroatoms. The number of carbonyl (C=O) groups excluding carboxylic acids is 2. The Kier molecular flexibility index (Phi) is 3.83. The molecule has 1 saturated heterocycles. The highest BCUT2D eigenvalue weighted by molar-refractivity contribution is 6.15. The second-order valence-corrected chi connectivity index (χ2v) is 7.28. The van der Waals surface area contributed by atoms with E-state index in [9.17, 15) is 9.59 Å². The molecule has 2 amide bonds. The van der Waals surface area contributed by atoms with Crippen LogP contribution in [0.15, 0.2) is 24.3 Å². The van der Waals surface area contributed by atoms with E-state index in [1.165, 1.54) is 5.56 Å². The normalized spacial score (nSPS) is 27.0. The Morgan fingerprint density at radius 3 is 2.83 bits per heavy atom. The topological polar surface area (TPSA) is 58.6 Å². The van der Waals surface area contributed by atoms with Crippen molar-refractivity contribution in [2.24, 2.45) is 5.41 Å². The molecule has 5 nitrogen and oxygen atoms in total. The Labute approximate surface area is 142 Å². The smallest absolute Gasteiger partial charge is 0.242 e. The summed E-state index contributed by atoms with van der Waals surface area (Å²) < 4.78 is 5.55. The quantitative estimate of drug-likeness (QED) is 0.861. The number of hydrogen-bond donors (Lipinski definition) is 1. The van der Waals surface area contributed by atoms with Crippen LogP contribution in [0.1, 0.15) is 38.2 Å². The summed E-state index contributed by atoms with van der Waals surface area (Å²) in [5.74, 6) is -0.163. The van der Waals surface area contributed by atoms with Gasteiger partial charge in [-0.15, -0.1) is 0 Å². The molecule has 24 heavy (non-hydrogen) atoms. The van der Waals surface area contributed by atoms with E-state index in [0.717, 1.165) is 31.6 Å². The summed E-state index contributed by atoms with van der Waals surface area (Å²) in [6.07, 6.45) is 4.29. The maximum Gasteiger partial charge on any atom is 0.242 e. The van der Waals surface area contributed by atoms with Gasteiger partial charge in [-0.05, 0) is 50.7 Å². The number of rotatable bonds is 4. The summed E-state index contributed by atoms with van der Waals surface area (Å²) in [6, 6.07) is 8.11. The lowest BCUT2D eigenvalue weighted by Crippen LogP contribution is -2.48. The van der Waals surface area contributed by atoms with Crippen molar-refractivity contribution in [3.63, 3.8) is 0 Å². The number of nitrogens with one attached hydrogen (secondary N) is 1. The Morgan fingerprint density at radius 2 is 2.12 bits per heavy atom. The van der Waals surface area contributed by atoms with Gasteiger partial charge in [0.2, 0.25) is 11.8 Å². The van der Waals surface area contributed by atoms with Gasteiger partial charge < -0.3 is 15.0 Å². The van der Waals surface area contributed by atoms with E-state index in [2.05, 4.69) is 18.3 Å². The number of benzene rings is 1. The average Bonchev–Trinajstić information content (AvgIpc) is 3.09. The standard InChI is InChI=1S/C19H24N2O3/c1-13-11-14-5-2-3-7-16(14)21(13)18(23)19(8-9-19)17(22)20-12-15-6-4-10-24-15/h2-3,5,7,13,15H,4,6,8-12H2,1H3,(H,20,22). The van der Waals surface area contributed by atoms with Crippen molar-refractivity contribution in [3.8, 4) is 0 Å². The number of amides is 2. The molecule has 1 N–H and O–H groups in total. The van der Waals surface area contributed by atoms with Crippen LogP contribution in [0.2, 0.25) is 0 Å². The minimum Gasteiger partial charge on any atom is -0.376 e. The Morgan fingerprint density at radius 1 is 1.33 bits per heavy atom. The van der Waals surface area contributed by atoms with Gasteiger partial charge in [0.05, 0.1) is 6.10 Å². The zero-order chi connectivity index (χ0) is 16.7. The summed E-state index contributed by atoms with van der Waals surface area (Å²) in [4.78, 5) is 27.7. The average molecular weight is 328 g/mol. The van der Waals surface area contributed by atoms with Crippen molar-refractivity contribution >= 4 is 17.5 Å². The van der Waals surface area contributed by atoms with E-state index in [4.69, 9.17) is 4.74 Å². The van der Waals surface area contributed by atoms with Gasteiger partial charge in [-0.2, -0.15) is 0 Å². The molecule has 2 atom stereocenters. The zero-order valence-electron chi connectivity index (χ0n) is 14.1. The van der Waals surface area contributed by atoms with Crippen LogP contribution in [-0.4, -0.2) is 37.1 Å². The van der Waals surface area contributed by atoms with E-state index in [1.54, 1.807) is 0 Å². The number of nitrogens with zero attached hydrogens (tertiary/aromatic N) is 1. The van der Waals surface area contributed by atoms with E-state index in [0.29, 0.717) is 19.4 Å². The van der Waals surface area contributed by atoms with Gasteiger partial charge in [0, 0.05) is 24.9 Å². The van der Waals surface area contributed by atoms with Crippen molar-refractivity contribution in [1.29, 1.82) is 0 Å². The predicted molar refractivity (Wildman–Crippen MR) is 90.7 cm³/mol. The molecule has 1 saturated carbocycles. The Bertz CT molecular complexity index is 662. The summed E-state index contributed by atoms with van der Waals surface area (Å²) in [6.45, 7) is 3.34. The maximum absolute atomic E-state index is 13.2. The molecule has 128 valence electrons. The molecule has 1 aliphatic carbocycles. The van der Waals surface area contributed by atoms with Gasteiger partial charge in [0.25, 0.3) is 0 Å². The van der Waals surface area contributed by atoms with Crippen LogP contribution in [0.3, 0.4) is 0 Å². The largest absolute Gasteiger partial charge is 0.376 e. The van der Waals surface area contributed by atoms with Crippen LogP contribution in [-0.2, 0) is 20.7 Å². The number of para-hydroxylation sites is 1. The third kappa shape index (κ3) is 2.51. The van der Waals surface area contributed by atoms with Crippen LogP contribution in [0.25, 0.3) is 0 Å². The van der Waals surface area contributed by atoms with Crippen molar-refractivity contribution in [2.75, 3.05) is 18.1 Å². The number of anilines is 1. The fraction of sp³-hybridized carbons (Fsp3) is 0.579. The fourth-order valence-corrected chi connectivity index (χ4v) is 3.95. The van der Waals surface area contributed by atoms with Crippen LogP contribution >= 0.6 is 0 Å². The third-order valence-electron chi connectivity index (χ3n) is 5.53. The van der Waals surface area contributed by atoms with Crippen LogP contribution in [0, 0.1) is 5.41 Å². The maximum atomic E-state index is 13.2. The summed E-state index contributed by atoms with van der Waals surface area (Å²) in [5, 5.41) is 2.96. The van der Waals surface area contributed by atoms with Crippen molar-refractivity contribution in [2.45, 2.75) is 51.2 Å². The second kappa shape index (κ2) is 5.88. The van der Waals surface area contributed by atoms with E-state index in [1.807, 2.05) is 23.1 Å². The predicted octanol–water partition coefficient (Wildman–Crippen LogP) is 2.04. The van der Waals surface area contributed by atoms with Gasteiger partial charge in [-0.1, -0.05) is 18.2 Å². The lowest BCUT2D eigenvalue weighted by atomic mass is 10.0. The lowest BCUT2D eigenvalue weighted by Gasteiger charge is -2.27. The zero-order valence-corrected chi connectivity index (χ0v) is 14.1. The van der Waals surface area contributed by atoms with Crippen molar-refractivity contribution in [1.82, 2.24) is 5.32 Å². The van der Waals surface area contributed by atoms with E-state index in [-0.39, 0.29) is 24.0 Å². The van der Waals surface area contributed by atoms with Gasteiger partial charge in [-0.25, -0.2) is 0 Å². The molecule has 0 radical (unpaired) electrons. The number of carbonyl (C=O) groups is 2. The van der Waals surface area contributed by atoms with E-state index >= 15 is 0 Å². The highest BCUT2D eigenvalue weighted by atomic mass is 16.5. The summed E-state index contributed by atoms with van der Waals surface area (Å²) in [5.41, 5.74) is 1.30. The fourth-order valence-electron chi connectivity index (χ4n) is 3.95. The molecule has 4 rings (SSSR count). The van der Waals surface area contributed by atoms with Crippen molar-refractivity contribution < 1.29 is 14.3 Å². The van der Waals surface area contributed by atoms with Gasteiger partial charge in [0.15, 0.2) is 0 Å². The molecular formula is C19H24N2O3.